The second kappa shape index (κ2) is 5.10. The lowest BCUT2D eigenvalue weighted by atomic mass is 10.2. The van der Waals surface area contributed by atoms with Crippen molar-refractivity contribution in [2.45, 2.75) is 13.0 Å². The van der Waals surface area contributed by atoms with Crippen LogP contribution in [0, 0.1) is 0 Å². The fourth-order valence-corrected chi connectivity index (χ4v) is 2.59. The molecule has 1 heterocycles. The molecule has 0 unspecified atom stereocenters. The van der Waals surface area contributed by atoms with Crippen LogP contribution in [0.4, 0.5) is 10.5 Å². The van der Waals surface area contributed by atoms with Crippen molar-refractivity contribution in [1.82, 2.24) is 4.90 Å². The maximum absolute atomic E-state index is 11.6. The summed E-state index contributed by atoms with van der Waals surface area (Å²) in [5.41, 5.74) is 7.21. The molecule has 0 saturated carbocycles. The lowest BCUT2D eigenvalue weighted by Crippen LogP contribution is -2.37. The molecule has 0 radical (unpaired) electrons. The van der Waals surface area contributed by atoms with Crippen LogP contribution in [-0.4, -0.2) is 21.8 Å². The van der Waals surface area contributed by atoms with Gasteiger partial charge in [-0.3, -0.25) is 14.5 Å². The summed E-state index contributed by atoms with van der Waals surface area (Å²) < 4.78 is 0.812. The average molecular weight is 315 g/mol. The number of halogens is 1. The molecule has 1 aromatic carbocycles. The lowest BCUT2D eigenvalue weighted by Gasteiger charge is -2.24. The molecule has 2 rings (SSSR count). The summed E-state index contributed by atoms with van der Waals surface area (Å²) in [6.45, 7) is 0.294. The summed E-state index contributed by atoms with van der Waals surface area (Å²) in [4.78, 5) is 24.5. The van der Waals surface area contributed by atoms with Gasteiger partial charge in [-0.1, -0.05) is 17.8 Å². The second-order valence-corrected chi connectivity index (χ2v) is 5.60. The summed E-state index contributed by atoms with van der Waals surface area (Å²) in [6.07, 6.45) is 0.419. The van der Waals surface area contributed by atoms with E-state index in [1.54, 1.807) is 6.07 Å². The molecule has 0 atom stereocenters. The van der Waals surface area contributed by atoms with Crippen LogP contribution in [0.2, 0.25) is 0 Å². The smallest absolute Gasteiger partial charge is 0.288 e. The molecule has 6 heteroatoms. The van der Waals surface area contributed by atoms with Crippen molar-refractivity contribution in [3.63, 3.8) is 0 Å². The zero-order valence-corrected chi connectivity index (χ0v) is 11.4. The summed E-state index contributed by atoms with van der Waals surface area (Å²) in [5.74, 6) is 0.464. The first-order valence-corrected chi connectivity index (χ1v) is 6.87. The molecule has 1 saturated heterocycles. The Morgan fingerprint density at radius 1 is 1.41 bits per heavy atom. The largest absolute Gasteiger partial charge is 0.398 e. The van der Waals surface area contributed by atoms with Crippen LogP contribution < -0.4 is 5.73 Å². The van der Waals surface area contributed by atoms with E-state index in [4.69, 9.17) is 5.73 Å². The number of carbonyl (C=O) groups excluding carboxylic acids is 2. The van der Waals surface area contributed by atoms with Crippen LogP contribution in [-0.2, 0) is 11.3 Å². The van der Waals surface area contributed by atoms with E-state index < -0.39 is 0 Å². The van der Waals surface area contributed by atoms with E-state index in [1.807, 2.05) is 12.1 Å². The SMILES string of the molecule is Nc1cc(CN2C(=O)CCSC2=O)ccc1Br. The molecule has 2 N–H and O–H groups in total. The van der Waals surface area contributed by atoms with Crippen LogP contribution in [0.15, 0.2) is 22.7 Å². The molecule has 90 valence electrons. The number of hydrogen-bond donors (Lipinski definition) is 1. The second-order valence-electron chi connectivity index (χ2n) is 3.70. The molecule has 2 amide bonds. The van der Waals surface area contributed by atoms with E-state index >= 15 is 0 Å². The third-order valence-electron chi connectivity index (χ3n) is 2.46. The highest BCUT2D eigenvalue weighted by Crippen LogP contribution is 2.24. The number of amides is 2. The van der Waals surface area contributed by atoms with Crippen LogP contribution in [0.25, 0.3) is 0 Å². The molecule has 1 fully saturated rings. The van der Waals surface area contributed by atoms with Gasteiger partial charge in [0.2, 0.25) is 5.91 Å². The van der Waals surface area contributed by atoms with Crippen LogP contribution in [0.1, 0.15) is 12.0 Å². The Kier molecular flexibility index (Phi) is 3.73. The maximum atomic E-state index is 11.6. The molecule has 1 aliphatic heterocycles. The van der Waals surface area contributed by atoms with Crippen LogP contribution in [0.5, 0.6) is 0 Å². The minimum absolute atomic E-state index is 0.116. The summed E-state index contributed by atoms with van der Waals surface area (Å²) in [6, 6.07) is 5.43. The number of anilines is 1. The highest BCUT2D eigenvalue weighted by atomic mass is 79.9. The fraction of sp³-hybridized carbons (Fsp3) is 0.273. The molecular weight excluding hydrogens is 304 g/mol. The number of hydrogen-bond acceptors (Lipinski definition) is 4. The summed E-state index contributed by atoms with van der Waals surface area (Å²) >= 11 is 4.48. The first kappa shape index (κ1) is 12.4. The van der Waals surface area contributed by atoms with E-state index in [2.05, 4.69) is 15.9 Å². The third kappa shape index (κ3) is 2.81. The normalized spacial score (nSPS) is 16.4. The predicted octanol–water partition coefficient (Wildman–Crippen LogP) is 2.62. The zero-order chi connectivity index (χ0) is 12.4. The number of nitrogens with zero attached hydrogens (tertiary/aromatic N) is 1. The Balaban J connectivity index is 2.16. The Labute approximate surface area is 112 Å². The van der Waals surface area contributed by atoms with Gasteiger partial charge < -0.3 is 5.73 Å². The highest BCUT2D eigenvalue weighted by molar-refractivity contribution is 9.10. The number of benzene rings is 1. The number of rotatable bonds is 2. The van der Waals surface area contributed by atoms with Gasteiger partial charge in [0.25, 0.3) is 5.24 Å². The minimum atomic E-state index is -0.178. The van der Waals surface area contributed by atoms with E-state index in [0.717, 1.165) is 10.0 Å². The average Bonchev–Trinajstić information content (AvgIpc) is 2.28. The van der Waals surface area contributed by atoms with Crippen LogP contribution in [0.3, 0.4) is 0 Å². The third-order valence-corrected chi connectivity index (χ3v) is 4.06. The number of thioether (sulfide) groups is 1. The molecule has 0 aliphatic carbocycles. The Hall–Kier alpha value is -1.01. The van der Waals surface area contributed by atoms with Gasteiger partial charge in [0.05, 0.1) is 6.54 Å². The summed E-state index contributed by atoms with van der Waals surface area (Å²) in [5, 5.41) is -0.178. The molecule has 0 aromatic heterocycles. The topological polar surface area (TPSA) is 63.4 Å². The molecule has 1 aliphatic rings. The van der Waals surface area contributed by atoms with Gasteiger partial charge in [-0.15, -0.1) is 0 Å². The van der Waals surface area contributed by atoms with E-state index in [-0.39, 0.29) is 11.1 Å². The Bertz CT molecular complexity index is 463. The van der Waals surface area contributed by atoms with Crippen molar-refractivity contribution in [1.29, 1.82) is 0 Å². The fourth-order valence-electron chi connectivity index (χ4n) is 1.57. The first-order chi connectivity index (χ1) is 8.08. The van der Waals surface area contributed by atoms with Crippen molar-refractivity contribution < 1.29 is 9.59 Å². The van der Waals surface area contributed by atoms with Crippen molar-refractivity contribution in [2.75, 3.05) is 11.5 Å². The number of nitrogens with two attached hydrogens (primary N) is 1. The Morgan fingerprint density at radius 2 is 2.18 bits per heavy atom. The number of imide groups is 1. The maximum Gasteiger partial charge on any atom is 0.288 e. The minimum Gasteiger partial charge on any atom is -0.398 e. The van der Waals surface area contributed by atoms with Gasteiger partial charge in [-0.05, 0) is 33.6 Å². The van der Waals surface area contributed by atoms with Gasteiger partial charge in [-0.2, -0.15) is 0 Å². The standard InChI is InChI=1S/C11H11BrN2O2S/c12-8-2-1-7(5-9(8)13)6-14-10(15)3-4-17-11(14)16/h1-2,5H,3-4,6,13H2. The molecule has 4 nitrogen and oxygen atoms in total. The molecule has 0 bridgehead atoms. The monoisotopic (exact) mass is 314 g/mol. The first-order valence-electron chi connectivity index (χ1n) is 5.09. The van der Waals surface area contributed by atoms with Crippen LogP contribution >= 0.6 is 27.7 Å². The van der Waals surface area contributed by atoms with Crippen molar-refractivity contribution in [3.05, 3.63) is 28.2 Å². The Morgan fingerprint density at radius 3 is 2.82 bits per heavy atom. The van der Waals surface area contributed by atoms with Crippen molar-refractivity contribution in [3.8, 4) is 0 Å². The van der Waals surface area contributed by atoms with Gasteiger partial charge in [0.15, 0.2) is 0 Å². The molecular formula is C11H11BrN2O2S. The molecule has 0 spiro atoms. The van der Waals surface area contributed by atoms with Crippen molar-refractivity contribution >= 4 is 44.5 Å². The zero-order valence-electron chi connectivity index (χ0n) is 8.98. The number of carbonyl (C=O) groups is 2. The van der Waals surface area contributed by atoms with Gasteiger partial charge in [-0.25, -0.2) is 0 Å². The predicted molar refractivity (Wildman–Crippen MR) is 71.6 cm³/mol. The lowest BCUT2D eigenvalue weighted by molar-refractivity contribution is -0.128. The van der Waals surface area contributed by atoms with Crippen molar-refractivity contribution in [2.24, 2.45) is 0 Å². The van der Waals surface area contributed by atoms with Gasteiger partial charge in [0.1, 0.15) is 0 Å². The van der Waals surface area contributed by atoms with E-state index in [9.17, 15) is 9.59 Å². The highest BCUT2D eigenvalue weighted by Gasteiger charge is 2.26. The number of nitrogen functional groups attached to an aromatic ring is 1. The van der Waals surface area contributed by atoms with E-state index in [1.165, 1.54) is 16.7 Å². The quantitative estimate of drug-likeness (QED) is 0.852. The van der Waals surface area contributed by atoms with Gasteiger partial charge >= 0.3 is 0 Å². The van der Waals surface area contributed by atoms with Gasteiger partial charge in [0, 0.05) is 22.3 Å². The summed E-state index contributed by atoms with van der Waals surface area (Å²) in [7, 11) is 0. The molecule has 17 heavy (non-hydrogen) atoms. The van der Waals surface area contributed by atoms with E-state index in [0.29, 0.717) is 24.4 Å². The molecule has 1 aromatic rings.